The Bertz CT molecular complexity index is 920. The third-order valence-corrected chi connectivity index (χ3v) is 4.09. The monoisotopic (exact) mass is 347 g/mol. The largest absolute Gasteiger partial charge is 0.497 e. The number of fused-ring (bicyclic) bond motifs is 1. The van der Waals surface area contributed by atoms with E-state index >= 15 is 0 Å². The van der Waals surface area contributed by atoms with Crippen molar-refractivity contribution >= 4 is 23.0 Å². The van der Waals surface area contributed by atoms with Gasteiger partial charge in [-0.25, -0.2) is 4.98 Å². The number of rotatable bonds is 6. The second-order valence-corrected chi connectivity index (χ2v) is 5.82. The Morgan fingerprint density at radius 3 is 2.54 bits per heavy atom. The van der Waals surface area contributed by atoms with Crippen LogP contribution in [0, 0.1) is 0 Å². The molecule has 0 saturated carbocycles. The third kappa shape index (κ3) is 4.25. The second-order valence-electron chi connectivity index (χ2n) is 5.82. The van der Waals surface area contributed by atoms with Crippen molar-refractivity contribution in [2.45, 2.75) is 13.5 Å². The van der Waals surface area contributed by atoms with Crippen LogP contribution in [0.25, 0.3) is 17.1 Å². The molecule has 5 heteroatoms. The summed E-state index contributed by atoms with van der Waals surface area (Å²) in [6.07, 6.45) is 4.93. The minimum atomic E-state index is -0.0572. The summed E-state index contributed by atoms with van der Waals surface area (Å²) >= 11 is 0. The summed E-state index contributed by atoms with van der Waals surface area (Å²) in [7, 11) is 1.64. The van der Waals surface area contributed by atoms with Crippen LogP contribution in [0.2, 0.25) is 0 Å². The summed E-state index contributed by atoms with van der Waals surface area (Å²) in [6, 6.07) is 15.4. The number of ether oxygens (including phenoxy) is 1. The zero-order chi connectivity index (χ0) is 18.4. The minimum Gasteiger partial charge on any atom is -0.497 e. The molecule has 132 valence electrons. The fraction of sp³-hybridized carbons (Fsp3) is 0.190. The number of carbonyl (C=O) groups excluding carboxylic acids is 1. The predicted octanol–water partition coefficient (Wildman–Crippen LogP) is 3.70. The number of hydrogen-bond acceptors (Lipinski definition) is 4. The molecule has 3 rings (SSSR count). The number of aromatic nitrogens is 2. The molecule has 3 aromatic rings. The van der Waals surface area contributed by atoms with Gasteiger partial charge in [-0.3, -0.25) is 9.78 Å². The van der Waals surface area contributed by atoms with Gasteiger partial charge in [0.15, 0.2) is 0 Å². The van der Waals surface area contributed by atoms with Gasteiger partial charge in [0.1, 0.15) is 5.75 Å². The van der Waals surface area contributed by atoms with E-state index in [1.165, 1.54) is 0 Å². The predicted molar refractivity (Wildman–Crippen MR) is 103 cm³/mol. The molecule has 0 saturated heterocycles. The standard InChI is InChI=1S/C21H21N3O2/c1-3-24(15-16-8-11-18(26-2)12-9-16)21(25)13-10-17-14-22-19-6-4-5-7-20(19)23-17/h4-14H,3,15H2,1-2H3/b13-10+. The van der Waals surface area contributed by atoms with Crippen molar-refractivity contribution in [3.63, 3.8) is 0 Å². The fourth-order valence-corrected chi connectivity index (χ4v) is 2.61. The Balaban J connectivity index is 1.69. The highest BCUT2D eigenvalue weighted by molar-refractivity contribution is 5.91. The molecular formula is C21H21N3O2. The first-order chi connectivity index (χ1) is 12.7. The van der Waals surface area contributed by atoms with Crippen molar-refractivity contribution in [1.29, 1.82) is 0 Å². The molecule has 5 nitrogen and oxygen atoms in total. The first-order valence-corrected chi connectivity index (χ1v) is 8.51. The summed E-state index contributed by atoms with van der Waals surface area (Å²) in [4.78, 5) is 23.1. The van der Waals surface area contributed by atoms with Crippen molar-refractivity contribution in [2.75, 3.05) is 13.7 Å². The molecule has 1 aromatic heterocycles. The van der Waals surface area contributed by atoms with Crippen LogP contribution in [0.1, 0.15) is 18.2 Å². The van der Waals surface area contributed by atoms with Crippen molar-refractivity contribution in [2.24, 2.45) is 0 Å². The quantitative estimate of drug-likeness (QED) is 0.638. The summed E-state index contributed by atoms with van der Waals surface area (Å²) < 4.78 is 5.16. The maximum absolute atomic E-state index is 12.5. The van der Waals surface area contributed by atoms with Crippen molar-refractivity contribution < 1.29 is 9.53 Å². The highest BCUT2D eigenvalue weighted by atomic mass is 16.5. The van der Waals surface area contributed by atoms with Crippen LogP contribution in [-0.4, -0.2) is 34.4 Å². The highest BCUT2D eigenvalue weighted by Gasteiger charge is 2.09. The van der Waals surface area contributed by atoms with E-state index in [1.54, 1.807) is 30.4 Å². The third-order valence-electron chi connectivity index (χ3n) is 4.09. The van der Waals surface area contributed by atoms with Gasteiger partial charge in [-0.15, -0.1) is 0 Å². The van der Waals surface area contributed by atoms with Gasteiger partial charge < -0.3 is 9.64 Å². The topological polar surface area (TPSA) is 55.3 Å². The first-order valence-electron chi connectivity index (χ1n) is 8.51. The van der Waals surface area contributed by atoms with E-state index in [-0.39, 0.29) is 5.91 Å². The average molecular weight is 347 g/mol. The maximum atomic E-state index is 12.5. The summed E-state index contributed by atoms with van der Waals surface area (Å²) in [5, 5.41) is 0. The van der Waals surface area contributed by atoms with Gasteiger partial charge in [-0.05, 0) is 42.8 Å². The Kier molecular flexibility index (Phi) is 5.59. The Morgan fingerprint density at radius 2 is 1.85 bits per heavy atom. The molecule has 0 atom stereocenters. The number of likely N-dealkylation sites (N-methyl/N-ethyl adjacent to an activating group) is 1. The van der Waals surface area contributed by atoms with E-state index in [2.05, 4.69) is 9.97 Å². The molecule has 1 heterocycles. The summed E-state index contributed by atoms with van der Waals surface area (Å²) in [5.41, 5.74) is 3.37. The van der Waals surface area contributed by atoms with E-state index in [1.807, 2.05) is 55.5 Å². The van der Waals surface area contributed by atoms with Gasteiger partial charge >= 0.3 is 0 Å². The molecule has 26 heavy (non-hydrogen) atoms. The number of nitrogens with zero attached hydrogens (tertiary/aromatic N) is 3. The van der Waals surface area contributed by atoms with Crippen LogP contribution in [0.5, 0.6) is 5.75 Å². The molecule has 0 bridgehead atoms. The van der Waals surface area contributed by atoms with E-state index in [0.717, 1.165) is 22.3 Å². The van der Waals surface area contributed by atoms with Gasteiger partial charge in [0.25, 0.3) is 0 Å². The lowest BCUT2D eigenvalue weighted by Gasteiger charge is -2.19. The SMILES string of the molecule is CCN(Cc1ccc(OC)cc1)C(=O)/C=C/c1cnc2ccccc2n1. The van der Waals surface area contributed by atoms with Crippen molar-refractivity contribution in [3.8, 4) is 5.75 Å². The van der Waals surface area contributed by atoms with Gasteiger partial charge in [0, 0.05) is 19.2 Å². The minimum absolute atomic E-state index is 0.0572. The van der Waals surface area contributed by atoms with E-state index in [9.17, 15) is 4.79 Å². The zero-order valence-electron chi connectivity index (χ0n) is 14.9. The Labute approximate surface area is 153 Å². The van der Waals surface area contributed by atoms with Crippen LogP contribution in [0.15, 0.2) is 60.8 Å². The summed E-state index contributed by atoms with van der Waals surface area (Å²) in [5.74, 6) is 0.746. The lowest BCUT2D eigenvalue weighted by atomic mass is 10.2. The molecule has 0 spiro atoms. The molecule has 0 aliphatic rings. The number of benzene rings is 2. The lowest BCUT2D eigenvalue weighted by molar-refractivity contribution is -0.126. The molecule has 0 unspecified atom stereocenters. The molecule has 2 aromatic carbocycles. The van der Waals surface area contributed by atoms with Crippen LogP contribution in [0.3, 0.4) is 0 Å². The first kappa shape index (κ1) is 17.6. The average Bonchev–Trinajstić information content (AvgIpc) is 2.70. The summed E-state index contributed by atoms with van der Waals surface area (Å²) in [6.45, 7) is 3.14. The fourth-order valence-electron chi connectivity index (χ4n) is 2.61. The number of methoxy groups -OCH3 is 1. The number of amides is 1. The van der Waals surface area contributed by atoms with E-state index < -0.39 is 0 Å². The maximum Gasteiger partial charge on any atom is 0.246 e. The molecule has 0 radical (unpaired) electrons. The van der Waals surface area contributed by atoms with Crippen molar-refractivity contribution in [3.05, 3.63) is 72.1 Å². The van der Waals surface area contributed by atoms with Crippen LogP contribution >= 0.6 is 0 Å². The molecule has 1 amide bonds. The zero-order valence-corrected chi connectivity index (χ0v) is 14.9. The molecule has 0 fully saturated rings. The smallest absolute Gasteiger partial charge is 0.246 e. The van der Waals surface area contributed by atoms with Crippen LogP contribution in [0.4, 0.5) is 0 Å². The molecule has 0 aliphatic heterocycles. The van der Waals surface area contributed by atoms with E-state index in [0.29, 0.717) is 18.8 Å². The lowest BCUT2D eigenvalue weighted by Crippen LogP contribution is -2.28. The number of hydrogen-bond donors (Lipinski definition) is 0. The Hall–Kier alpha value is -3.21. The number of carbonyl (C=O) groups is 1. The van der Waals surface area contributed by atoms with Gasteiger partial charge in [0.05, 0.1) is 30.0 Å². The van der Waals surface area contributed by atoms with E-state index in [4.69, 9.17) is 4.74 Å². The molecule has 0 aliphatic carbocycles. The van der Waals surface area contributed by atoms with Crippen LogP contribution in [-0.2, 0) is 11.3 Å². The normalized spacial score (nSPS) is 11.0. The van der Waals surface area contributed by atoms with Crippen LogP contribution < -0.4 is 4.74 Å². The molecule has 0 N–H and O–H groups in total. The van der Waals surface area contributed by atoms with Crippen molar-refractivity contribution in [1.82, 2.24) is 14.9 Å². The second kappa shape index (κ2) is 8.25. The highest BCUT2D eigenvalue weighted by Crippen LogP contribution is 2.14. The number of para-hydroxylation sites is 2. The molecular weight excluding hydrogens is 326 g/mol. The van der Waals surface area contributed by atoms with Gasteiger partial charge in [-0.2, -0.15) is 0 Å². The van der Waals surface area contributed by atoms with Gasteiger partial charge in [0.2, 0.25) is 5.91 Å². The van der Waals surface area contributed by atoms with Gasteiger partial charge in [-0.1, -0.05) is 24.3 Å². The Morgan fingerprint density at radius 1 is 1.12 bits per heavy atom.